The normalized spacial score (nSPS) is 13.2. The van der Waals surface area contributed by atoms with E-state index < -0.39 is 0 Å². The van der Waals surface area contributed by atoms with E-state index in [-0.39, 0.29) is 5.91 Å². The average Bonchev–Trinajstić information content (AvgIpc) is 2.45. The molecular weight excluding hydrogens is 262 g/mol. The largest absolute Gasteiger partial charge is 0.385 e. The average molecular weight is 281 g/mol. The number of anilines is 2. The first kappa shape index (κ1) is 13.6. The van der Waals surface area contributed by atoms with Gasteiger partial charge in [0.2, 0.25) is 0 Å². The number of benzene rings is 1. The Labute approximate surface area is 124 Å². The van der Waals surface area contributed by atoms with E-state index in [0.29, 0.717) is 5.82 Å². The molecule has 1 amide bonds. The van der Waals surface area contributed by atoms with E-state index in [1.54, 1.807) is 0 Å². The molecule has 0 aliphatic carbocycles. The molecule has 1 aliphatic rings. The summed E-state index contributed by atoms with van der Waals surface area (Å²) in [5.74, 6) is 0.520. The summed E-state index contributed by atoms with van der Waals surface area (Å²) < 4.78 is 0. The van der Waals surface area contributed by atoms with Gasteiger partial charge in [-0.05, 0) is 62.1 Å². The van der Waals surface area contributed by atoms with Gasteiger partial charge in [-0.3, -0.25) is 4.79 Å². The molecule has 0 saturated carbocycles. The summed E-state index contributed by atoms with van der Waals surface area (Å²) in [5, 5.41) is 6.26. The quantitative estimate of drug-likeness (QED) is 0.888. The third-order valence-electron chi connectivity index (χ3n) is 3.68. The smallest absolute Gasteiger partial charge is 0.257 e. The number of hydrogen-bond acceptors (Lipinski definition) is 3. The van der Waals surface area contributed by atoms with Gasteiger partial charge in [0, 0.05) is 23.5 Å². The molecule has 4 nitrogen and oxygen atoms in total. The molecular formula is C17H19N3O. The fraction of sp³-hybridized carbons (Fsp3) is 0.294. The summed E-state index contributed by atoms with van der Waals surface area (Å²) in [4.78, 5) is 16.9. The lowest BCUT2D eigenvalue weighted by Gasteiger charge is -2.20. The third kappa shape index (κ3) is 2.89. The number of amides is 1. The lowest BCUT2D eigenvalue weighted by atomic mass is 9.97. The molecule has 0 atom stereocenters. The minimum absolute atomic E-state index is 0.0898. The van der Waals surface area contributed by atoms with Crippen LogP contribution in [-0.4, -0.2) is 17.4 Å². The van der Waals surface area contributed by atoms with Gasteiger partial charge in [0.15, 0.2) is 0 Å². The Morgan fingerprint density at radius 1 is 1.29 bits per heavy atom. The number of nitrogens with zero attached hydrogens (tertiary/aromatic N) is 1. The molecule has 2 heterocycles. The molecule has 1 aliphatic heterocycles. The summed E-state index contributed by atoms with van der Waals surface area (Å²) in [5.41, 5.74) is 4.91. The monoisotopic (exact) mass is 281 g/mol. The number of aromatic nitrogens is 1. The summed E-state index contributed by atoms with van der Waals surface area (Å²) in [6.45, 7) is 4.90. The van der Waals surface area contributed by atoms with Gasteiger partial charge in [-0.25, -0.2) is 4.98 Å². The fourth-order valence-electron chi connectivity index (χ4n) is 2.81. The van der Waals surface area contributed by atoms with E-state index in [1.165, 1.54) is 0 Å². The molecule has 0 bridgehead atoms. The highest BCUT2D eigenvalue weighted by molar-refractivity contribution is 6.05. The Morgan fingerprint density at radius 2 is 2.14 bits per heavy atom. The van der Waals surface area contributed by atoms with Crippen molar-refractivity contribution < 1.29 is 4.79 Å². The fourth-order valence-corrected chi connectivity index (χ4v) is 2.81. The zero-order valence-corrected chi connectivity index (χ0v) is 12.4. The van der Waals surface area contributed by atoms with Gasteiger partial charge in [-0.2, -0.15) is 0 Å². The van der Waals surface area contributed by atoms with Crippen molar-refractivity contribution in [3.8, 4) is 0 Å². The Kier molecular flexibility index (Phi) is 3.60. The van der Waals surface area contributed by atoms with Crippen LogP contribution >= 0.6 is 0 Å². The predicted molar refractivity (Wildman–Crippen MR) is 84.9 cm³/mol. The molecule has 4 heteroatoms. The molecule has 0 unspecified atom stereocenters. The summed E-state index contributed by atoms with van der Waals surface area (Å²) in [7, 11) is 0. The minimum Gasteiger partial charge on any atom is -0.385 e. The van der Waals surface area contributed by atoms with Crippen LogP contribution < -0.4 is 10.6 Å². The van der Waals surface area contributed by atoms with Crippen molar-refractivity contribution in [3.63, 3.8) is 0 Å². The zero-order chi connectivity index (χ0) is 14.8. The Morgan fingerprint density at radius 3 is 2.95 bits per heavy atom. The Hall–Kier alpha value is -2.36. The summed E-state index contributed by atoms with van der Waals surface area (Å²) in [6, 6.07) is 9.70. The first-order valence-electron chi connectivity index (χ1n) is 7.26. The highest BCUT2D eigenvalue weighted by Crippen LogP contribution is 2.25. The first-order valence-corrected chi connectivity index (χ1v) is 7.26. The molecule has 1 aromatic carbocycles. The van der Waals surface area contributed by atoms with Gasteiger partial charge in [0.05, 0.1) is 0 Å². The number of aryl methyl sites for hydroxylation is 2. The van der Waals surface area contributed by atoms with E-state index in [2.05, 4.69) is 15.6 Å². The van der Waals surface area contributed by atoms with E-state index >= 15 is 0 Å². The lowest BCUT2D eigenvalue weighted by Crippen LogP contribution is -2.19. The Balaban J connectivity index is 1.89. The highest BCUT2D eigenvalue weighted by Gasteiger charge is 2.17. The van der Waals surface area contributed by atoms with Crippen molar-refractivity contribution in [2.45, 2.75) is 26.7 Å². The topological polar surface area (TPSA) is 54.0 Å². The highest BCUT2D eigenvalue weighted by atomic mass is 16.1. The number of carbonyl (C=O) groups is 1. The van der Waals surface area contributed by atoms with Crippen LogP contribution in [0.3, 0.4) is 0 Å². The van der Waals surface area contributed by atoms with Crippen LogP contribution in [-0.2, 0) is 6.42 Å². The second kappa shape index (κ2) is 5.56. The minimum atomic E-state index is -0.0898. The van der Waals surface area contributed by atoms with Gasteiger partial charge >= 0.3 is 0 Å². The number of nitrogens with one attached hydrogen (secondary N) is 2. The predicted octanol–water partition coefficient (Wildman–Crippen LogP) is 3.31. The van der Waals surface area contributed by atoms with Gasteiger partial charge in [0.25, 0.3) is 5.91 Å². The van der Waals surface area contributed by atoms with Crippen LogP contribution in [0.1, 0.15) is 33.6 Å². The molecule has 3 rings (SSSR count). The second-order valence-corrected chi connectivity index (χ2v) is 5.49. The first-order chi connectivity index (χ1) is 10.1. The van der Waals surface area contributed by atoms with Crippen LogP contribution in [0.5, 0.6) is 0 Å². The van der Waals surface area contributed by atoms with Gasteiger partial charge in [-0.15, -0.1) is 0 Å². The van der Waals surface area contributed by atoms with E-state index in [4.69, 9.17) is 0 Å². The van der Waals surface area contributed by atoms with Gasteiger partial charge in [0.1, 0.15) is 5.82 Å². The van der Waals surface area contributed by atoms with Crippen molar-refractivity contribution in [1.82, 2.24) is 4.98 Å². The van der Waals surface area contributed by atoms with Crippen molar-refractivity contribution in [1.29, 1.82) is 0 Å². The molecule has 0 fully saturated rings. The van der Waals surface area contributed by atoms with E-state index in [1.807, 2.05) is 44.2 Å². The Bertz CT molecular complexity index is 674. The maximum absolute atomic E-state index is 12.5. The third-order valence-corrected chi connectivity index (χ3v) is 3.68. The van der Waals surface area contributed by atoms with Crippen LogP contribution in [0.2, 0.25) is 0 Å². The molecule has 0 radical (unpaired) electrons. The number of carbonyl (C=O) groups excluding carboxylic acids is 1. The van der Waals surface area contributed by atoms with Crippen molar-refractivity contribution in [3.05, 3.63) is 52.7 Å². The van der Waals surface area contributed by atoms with Gasteiger partial charge < -0.3 is 10.6 Å². The van der Waals surface area contributed by atoms with Crippen LogP contribution in [0, 0.1) is 13.8 Å². The summed E-state index contributed by atoms with van der Waals surface area (Å²) in [6.07, 6.45) is 1.99. The molecule has 108 valence electrons. The molecule has 2 N–H and O–H groups in total. The van der Waals surface area contributed by atoms with Crippen LogP contribution in [0.4, 0.5) is 11.5 Å². The number of rotatable bonds is 2. The number of hydrogen-bond donors (Lipinski definition) is 2. The number of fused-ring (bicyclic) bond motifs is 1. The van der Waals surface area contributed by atoms with E-state index in [0.717, 1.165) is 47.5 Å². The van der Waals surface area contributed by atoms with Crippen LogP contribution in [0.15, 0.2) is 30.3 Å². The lowest BCUT2D eigenvalue weighted by molar-refractivity contribution is 0.102. The molecule has 0 spiro atoms. The molecule has 21 heavy (non-hydrogen) atoms. The van der Waals surface area contributed by atoms with E-state index in [9.17, 15) is 4.79 Å². The number of pyridine rings is 1. The van der Waals surface area contributed by atoms with Crippen molar-refractivity contribution in [2.24, 2.45) is 0 Å². The molecule has 1 aromatic heterocycles. The molecule has 2 aromatic rings. The SMILES string of the molecule is Cc1cc(C)nc(NC(=O)c2cccc3c2CCCN3)c1. The van der Waals surface area contributed by atoms with Crippen molar-refractivity contribution >= 4 is 17.4 Å². The van der Waals surface area contributed by atoms with Crippen LogP contribution in [0.25, 0.3) is 0 Å². The van der Waals surface area contributed by atoms with Gasteiger partial charge in [-0.1, -0.05) is 6.07 Å². The zero-order valence-electron chi connectivity index (χ0n) is 12.4. The maximum atomic E-state index is 12.5. The molecule has 0 saturated heterocycles. The maximum Gasteiger partial charge on any atom is 0.257 e. The second-order valence-electron chi connectivity index (χ2n) is 5.49. The summed E-state index contributed by atoms with van der Waals surface area (Å²) >= 11 is 0. The standard InChI is InChI=1S/C17H19N3O/c1-11-9-12(2)19-16(10-11)20-17(21)14-5-3-7-15-13(14)6-4-8-18-15/h3,5,7,9-10,18H,4,6,8H2,1-2H3,(H,19,20,21). The van der Waals surface area contributed by atoms with Crippen molar-refractivity contribution in [2.75, 3.05) is 17.2 Å².